The van der Waals surface area contributed by atoms with Gasteiger partial charge in [-0.2, -0.15) is 0 Å². The number of hydrogen-bond donors (Lipinski definition) is 2. The molecule has 0 aromatic heterocycles. The van der Waals surface area contributed by atoms with Crippen LogP contribution in [-0.4, -0.2) is 10.8 Å². The maximum absolute atomic E-state index is 10.6. The number of carbonyl (C=O) groups is 1. The zero-order valence-electron chi connectivity index (χ0n) is 6.24. The molecule has 0 radical (unpaired) electrons. The topological polar surface area (TPSA) is 49.3 Å². The van der Waals surface area contributed by atoms with Gasteiger partial charge in [-0.25, -0.2) is 0 Å². The van der Waals surface area contributed by atoms with E-state index in [9.17, 15) is 9.90 Å². The third kappa shape index (κ3) is 2.44. The second-order valence-electron chi connectivity index (χ2n) is 2.26. The molecule has 64 valence electrons. The van der Waals surface area contributed by atoms with Crippen LogP contribution in [0, 0.1) is 0 Å². The van der Waals surface area contributed by atoms with Gasteiger partial charge >= 0.3 is 0 Å². The summed E-state index contributed by atoms with van der Waals surface area (Å²) in [4.78, 5) is 10.6. The molecule has 5 heteroatoms. The van der Waals surface area contributed by atoms with Gasteiger partial charge in [0.05, 0.1) is 0 Å². The van der Waals surface area contributed by atoms with E-state index in [2.05, 4.69) is 14.6 Å². The van der Waals surface area contributed by atoms with Crippen molar-refractivity contribution < 1.29 is 9.90 Å². The maximum Gasteiger partial charge on any atom is 0.239 e. The summed E-state index contributed by atoms with van der Waals surface area (Å²) in [6.07, 6.45) is 0. The number of phenols is 1. The summed E-state index contributed by atoms with van der Waals surface area (Å²) in [6.45, 7) is 0. The molecule has 0 heterocycles. The van der Waals surface area contributed by atoms with Gasteiger partial charge in [-0.05, 0) is 21.4 Å². The molecule has 0 spiro atoms. The predicted molar refractivity (Wildman–Crippen MR) is 56.2 cm³/mol. The van der Waals surface area contributed by atoms with Gasteiger partial charge in [-0.15, -0.1) is 9.24 Å². The quantitative estimate of drug-likeness (QED) is 0.673. The maximum atomic E-state index is 10.6. The van der Waals surface area contributed by atoms with Crippen LogP contribution < -0.4 is 10.6 Å². The van der Waals surface area contributed by atoms with E-state index in [1.54, 1.807) is 12.1 Å². The minimum atomic E-state index is -0.231. The Bertz CT molecular complexity index is 314. The molecule has 1 aromatic rings. The minimum Gasteiger partial charge on any atom is -0.507 e. The molecule has 0 saturated carbocycles. The average molecular weight is 201 g/mol. The molecular weight excluding hydrogens is 192 g/mol. The molecule has 0 aliphatic carbocycles. The van der Waals surface area contributed by atoms with E-state index in [1.165, 1.54) is 6.07 Å². The van der Waals surface area contributed by atoms with Gasteiger partial charge in [0.1, 0.15) is 5.75 Å². The molecule has 0 fully saturated rings. The second kappa shape index (κ2) is 3.84. The molecule has 0 saturated heterocycles. The van der Waals surface area contributed by atoms with Crippen molar-refractivity contribution in [2.75, 3.05) is 5.32 Å². The van der Waals surface area contributed by atoms with Gasteiger partial charge in [-0.3, -0.25) is 4.79 Å². The Kier molecular flexibility index (Phi) is 3.02. The van der Waals surface area contributed by atoms with E-state index in [1.807, 2.05) is 9.24 Å². The van der Waals surface area contributed by atoms with Crippen molar-refractivity contribution in [3.8, 4) is 5.75 Å². The van der Waals surface area contributed by atoms with Crippen LogP contribution in [0.3, 0.4) is 0 Å². The highest BCUT2D eigenvalue weighted by Gasteiger charge is 1.98. The number of anilines is 1. The molecule has 2 N–H and O–H groups in total. The monoisotopic (exact) mass is 201 g/mol. The van der Waals surface area contributed by atoms with Crippen LogP contribution in [0.4, 0.5) is 10.5 Å². The van der Waals surface area contributed by atoms with Gasteiger partial charge in [-0.1, -0.05) is 0 Å². The standard InChI is InChI=1S/C7H9NO2P2/c9-5-3-4(8-7(10)12)1-2-6(5)11/h1-3,9H,11-12H2,(H,8,10). The summed E-state index contributed by atoms with van der Waals surface area (Å²) in [5, 5.41) is 12.5. The Hall–Kier alpha value is -0.650. The van der Waals surface area contributed by atoms with E-state index in [4.69, 9.17) is 0 Å². The first-order valence-corrected chi connectivity index (χ1v) is 4.40. The van der Waals surface area contributed by atoms with Crippen LogP contribution in [0.2, 0.25) is 0 Å². The number of carbonyl (C=O) groups excluding carboxylic acids is 1. The Morgan fingerprint density at radius 2 is 2.17 bits per heavy atom. The smallest absolute Gasteiger partial charge is 0.239 e. The van der Waals surface area contributed by atoms with Crippen LogP contribution in [0.5, 0.6) is 5.75 Å². The molecule has 1 amide bonds. The number of phenolic OH excluding ortho intramolecular Hbond substituents is 1. The zero-order chi connectivity index (χ0) is 9.14. The van der Waals surface area contributed by atoms with Gasteiger partial charge in [0.25, 0.3) is 0 Å². The highest BCUT2D eigenvalue weighted by atomic mass is 31.0. The van der Waals surface area contributed by atoms with E-state index < -0.39 is 0 Å². The van der Waals surface area contributed by atoms with Crippen molar-refractivity contribution in [1.82, 2.24) is 0 Å². The van der Waals surface area contributed by atoms with Crippen LogP contribution in [-0.2, 0) is 0 Å². The molecule has 2 atom stereocenters. The predicted octanol–water partition coefficient (Wildman–Crippen LogP) is 1.30. The molecule has 0 aliphatic rings. The van der Waals surface area contributed by atoms with E-state index in [0.29, 0.717) is 11.0 Å². The summed E-state index contributed by atoms with van der Waals surface area (Å²) in [7, 11) is 4.38. The van der Waals surface area contributed by atoms with E-state index >= 15 is 0 Å². The van der Waals surface area contributed by atoms with Gasteiger partial charge in [0.15, 0.2) is 0 Å². The Morgan fingerprint density at radius 1 is 1.50 bits per heavy atom. The van der Waals surface area contributed by atoms with Crippen molar-refractivity contribution >= 4 is 35.1 Å². The molecule has 3 nitrogen and oxygen atoms in total. The lowest BCUT2D eigenvalue weighted by Gasteiger charge is -2.03. The molecule has 0 bridgehead atoms. The van der Waals surface area contributed by atoms with Crippen LogP contribution in [0.25, 0.3) is 0 Å². The normalized spacial score (nSPS) is 9.50. The highest BCUT2D eigenvalue weighted by Crippen LogP contribution is 2.16. The van der Waals surface area contributed by atoms with Crippen LogP contribution in [0.1, 0.15) is 0 Å². The van der Waals surface area contributed by atoms with E-state index in [0.717, 1.165) is 0 Å². The summed E-state index contributed by atoms with van der Waals surface area (Å²) in [5.74, 6) is 0.149. The summed E-state index contributed by atoms with van der Waals surface area (Å²) in [6, 6.07) is 4.91. The largest absolute Gasteiger partial charge is 0.507 e. The number of benzene rings is 1. The third-order valence-corrected chi connectivity index (χ3v) is 1.93. The first-order valence-electron chi connectivity index (χ1n) is 3.24. The number of amides is 1. The van der Waals surface area contributed by atoms with Crippen molar-refractivity contribution in [2.24, 2.45) is 0 Å². The molecule has 2 unspecified atom stereocenters. The first-order chi connectivity index (χ1) is 5.59. The van der Waals surface area contributed by atoms with Gasteiger partial charge in [0, 0.05) is 17.1 Å². The lowest BCUT2D eigenvalue weighted by atomic mass is 10.3. The number of rotatable bonds is 1. The zero-order valence-corrected chi connectivity index (χ0v) is 8.55. The summed E-state index contributed by atoms with van der Waals surface area (Å²) < 4.78 is 0. The Morgan fingerprint density at radius 3 is 2.67 bits per heavy atom. The SMILES string of the molecule is O=C(P)Nc1ccc(P)c(O)c1. The number of aromatic hydroxyl groups is 1. The highest BCUT2D eigenvalue weighted by molar-refractivity contribution is 7.40. The summed E-state index contributed by atoms with van der Waals surface area (Å²) in [5.41, 5.74) is 0.351. The number of nitrogens with one attached hydrogen (secondary N) is 1. The molecule has 12 heavy (non-hydrogen) atoms. The Balaban J connectivity index is 2.89. The van der Waals surface area contributed by atoms with Gasteiger partial charge < -0.3 is 10.4 Å². The van der Waals surface area contributed by atoms with E-state index in [-0.39, 0.29) is 11.4 Å². The molecule has 1 rings (SSSR count). The van der Waals surface area contributed by atoms with Crippen LogP contribution in [0.15, 0.2) is 18.2 Å². The first kappa shape index (κ1) is 9.44. The minimum absolute atomic E-state index is 0.149. The fourth-order valence-electron chi connectivity index (χ4n) is 0.764. The third-order valence-electron chi connectivity index (χ3n) is 1.30. The second-order valence-corrected chi connectivity index (χ2v) is 3.41. The molecule has 1 aromatic carbocycles. The van der Waals surface area contributed by atoms with Crippen LogP contribution >= 0.6 is 18.5 Å². The van der Waals surface area contributed by atoms with Crippen molar-refractivity contribution in [3.63, 3.8) is 0 Å². The number of hydrogen-bond acceptors (Lipinski definition) is 2. The average Bonchev–Trinajstić information content (AvgIpc) is 1.96. The lowest BCUT2D eigenvalue weighted by Crippen LogP contribution is -2.01. The van der Waals surface area contributed by atoms with Crippen molar-refractivity contribution in [3.05, 3.63) is 18.2 Å². The van der Waals surface area contributed by atoms with Crippen molar-refractivity contribution in [2.45, 2.75) is 0 Å². The lowest BCUT2D eigenvalue weighted by molar-refractivity contribution is 0.269. The molecule has 0 aliphatic heterocycles. The van der Waals surface area contributed by atoms with Crippen molar-refractivity contribution in [1.29, 1.82) is 0 Å². The Labute approximate surface area is 75.0 Å². The summed E-state index contributed by atoms with van der Waals surface area (Å²) >= 11 is 0. The fraction of sp³-hybridized carbons (Fsp3) is 0. The van der Waals surface area contributed by atoms with Gasteiger partial charge in [0.2, 0.25) is 5.65 Å². The molecular formula is C7H9NO2P2. The fourth-order valence-corrected chi connectivity index (χ4v) is 1.11.